The first-order valence-corrected chi connectivity index (χ1v) is 10.7. The van der Waals surface area contributed by atoms with Gasteiger partial charge in [-0.3, -0.25) is 9.36 Å². The van der Waals surface area contributed by atoms with Crippen molar-refractivity contribution in [2.45, 2.75) is 31.9 Å². The van der Waals surface area contributed by atoms with E-state index < -0.39 is 23.7 Å². The fourth-order valence-electron chi connectivity index (χ4n) is 3.98. The lowest BCUT2D eigenvalue weighted by molar-refractivity contribution is -0.146. The lowest BCUT2D eigenvalue weighted by Crippen LogP contribution is -2.30. The van der Waals surface area contributed by atoms with Gasteiger partial charge in [-0.05, 0) is 48.1 Å². The molecule has 6 heteroatoms. The molecule has 1 heterocycles. The monoisotopic (exact) mass is 431 g/mol. The molecule has 0 aliphatic heterocycles. The highest BCUT2D eigenvalue weighted by Crippen LogP contribution is 2.22. The molecule has 0 spiro atoms. The number of aliphatic hydroxyl groups is 1. The Bertz CT molecular complexity index is 1240. The molecule has 3 aromatic carbocycles. The molecule has 4 rings (SSSR count). The van der Waals surface area contributed by atoms with E-state index in [2.05, 4.69) is 0 Å². The molecule has 0 saturated carbocycles. The summed E-state index contributed by atoms with van der Waals surface area (Å²) in [5, 5.41) is 20.2. The lowest BCUT2D eigenvalue weighted by Gasteiger charge is -2.19. The predicted molar refractivity (Wildman–Crippen MR) is 122 cm³/mol. The van der Waals surface area contributed by atoms with Crippen LogP contribution in [-0.2, 0) is 17.8 Å². The number of carbonyl (C=O) groups is 1. The molecule has 0 aliphatic carbocycles. The van der Waals surface area contributed by atoms with Crippen molar-refractivity contribution < 1.29 is 19.4 Å². The predicted octanol–water partition coefficient (Wildman–Crippen LogP) is 4.35. The summed E-state index contributed by atoms with van der Waals surface area (Å²) in [6, 6.07) is 25.1. The van der Waals surface area contributed by atoms with E-state index in [1.165, 1.54) is 4.57 Å². The molecule has 2 atom stereocenters. The van der Waals surface area contributed by atoms with Crippen molar-refractivity contribution in [2.75, 3.05) is 0 Å². The van der Waals surface area contributed by atoms with Gasteiger partial charge in [-0.15, -0.1) is 0 Å². The summed E-state index contributed by atoms with van der Waals surface area (Å²) in [7, 11) is 0. The van der Waals surface area contributed by atoms with Gasteiger partial charge in [0.05, 0.1) is 17.5 Å². The normalized spacial score (nSPS) is 13.2. The van der Waals surface area contributed by atoms with E-state index in [1.54, 1.807) is 24.3 Å². The number of aliphatic hydroxyl groups excluding tert-OH is 1. The molecule has 6 nitrogen and oxygen atoms in total. The quantitative estimate of drug-likeness (QED) is 0.411. The maximum Gasteiger partial charge on any atom is 0.419 e. The number of aromatic nitrogens is 1. The summed E-state index contributed by atoms with van der Waals surface area (Å²) in [5.41, 5.74) is 4.35. The SMILES string of the molecule is O=C(O)C(CCn1c(=O)oc2ccccc21)C(O)CCc1ccc(-c2ccccc2)cc1. The van der Waals surface area contributed by atoms with Crippen LogP contribution in [-0.4, -0.2) is 26.9 Å². The summed E-state index contributed by atoms with van der Waals surface area (Å²) < 4.78 is 6.61. The first-order chi connectivity index (χ1) is 15.5. The van der Waals surface area contributed by atoms with E-state index in [1.807, 2.05) is 54.6 Å². The highest BCUT2D eigenvalue weighted by Gasteiger charge is 2.26. The van der Waals surface area contributed by atoms with Crippen molar-refractivity contribution in [3.63, 3.8) is 0 Å². The van der Waals surface area contributed by atoms with Crippen molar-refractivity contribution in [1.82, 2.24) is 4.57 Å². The summed E-state index contributed by atoms with van der Waals surface area (Å²) in [5.74, 6) is -2.57. The topological polar surface area (TPSA) is 92.7 Å². The fourth-order valence-corrected chi connectivity index (χ4v) is 3.98. The lowest BCUT2D eigenvalue weighted by atomic mass is 9.93. The highest BCUT2D eigenvalue weighted by molar-refractivity contribution is 5.73. The molecule has 0 bridgehead atoms. The number of para-hydroxylation sites is 2. The van der Waals surface area contributed by atoms with Crippen molar-refractivity contribution in [3.8, 4) is 11.1 Å². The molecule has 1 aromatic heterocycles. The van der Waals surface area contributed by atoms with Crippen molar-refractivity contribution >= 4 is 17.1 Å². The van der Waals surface area contributed by atoms with Crippen LogP contribution in [0.15, 0.2) is 88.1 Å². The van der Waals surface area contributed by atoms with Crippen LogP contribution in [0.25, 0.3) is 22.2 Å². The van der Waals surface area contributed by atoms with Gasteiger partial charge in [-0.25, -0.2) is 4.79 Å². The largest absolute Gasteiger partial charge is 0.481 e. The van der Waals surface area contributed by atoms with Crippen LogP contribution in [0.5, 0.6) is 0 Å². The van der Waals surface area contributed by atoms with E-state index >= 15 is 0 Å². The number of carboxylic acid groups (broad SMARTS) is 1. The molecule has 0 radical (unpaired) electrons. The van der Waals surface area contributed by atoms with E-state index in [-0.39, 0.29) is 13.0 Å². The Morgan fingerprint density at radius 3 is 2.25 bits per heavy atom. The van der Waals surface area contributed by atoms with Crippen LogP contribution in [0, 0.1) is 5.92 Å². The molecule has 2 N–H and O–H groups in total. The third kappa shape index (κ3) is 4.81. The molecular formula is C26H25NO5. The van der Waals surface area contributed by atoms with Crippen LogP contribution in [0.4, 0.5) is 0 Å². The van der Waals surface area contributed by atoms with Gasteiger partial charge in [0.2, 0.25) is 0 Å². The maximum atomic E-state index is 12.1. The Morgan fingerprint density at radius 2 is 1.53 bits per heavy atom. The standard InChI is InChI=1S/C26H25NO5/c28-23(15-12-18-10-13-20(14-11-18)19-6-2-1-3-7-19)21(25(29)30)16-17-27-22-8-4-5-9-24(22)32-26(27)31/h1-11,13-14,21,23,28H,12,15-17H2,(H,29,30). The number of fused-ring (bicyclic) bond motifs is 1. The maximum absolute atomic E-state index is 12.1. The number of aryl methyl sites for hydroxylation is 2. The van der Waals surface area contributed by atoms with Crippen molar-refractivity contribution in [2.24, 2.45) is 5.92 Å². The molecule has 0 fully saturated rings. The third-order valence-corrected chi connectivity index (χ3v) is 5.81. The minimum Gasteiger partial charge on any atom is -0.481 e. The van der Waals surface area contributed by atoms with Crippen LogP contribution >= 0.6 is 0 Å². The summed E-state index contributed by atoms with van der Waals surface area (Å²) in [6.07, 6.45) is -0.000339. The molecule has 0 saturated heterocycles. The van der Waals surface area contributed by atoms with Gasteiger partial charge < -0.3 is 14.6 Å². The zero-order valence-electron chi connectivity index (χ0n) is 17.6. The second-order valence-corrected chi connectivity index (χ2v) is 7.89. The number of benzene rings is 3. The fraction of sp³-hybridized carbons (Fsp3) is 0.231. The molecule has 4 aromatic rings. The van der Waals surface area contributed by atoms with Crippen LogP contribution in [0.1, 0.15) is 18.4 Å². The van der Waals surface area contributed by atoms with Gasteiger partial charge in [0.15, 0.2) is 5.58 Å². The third-order valence-electron chi connectivity index (χ3n) is 5.81. The van der Waals surface area contributed by atoms with E-state index in [9.17, 15) is 19.8 Å². The summed E-state index contributed by atoms with van der Waals surface area (Å²) in [4.78, 5) is 23.9. The van der Waals surface area contributed by atoms with Crippen LogP contribution in [0.3, 0.4) is 0 Å². The van der Waals surface area contributed by atoms with E-state index in [0.717, 1.165) is 16.7 Å². The molecule has 32 heavy (non-hydrogen) atoms. The van der Waals surface area contributed by atoms with Crippen LogP contribution in [0.2, 0.25) is 0 Å². The average Bonchev–Trinajstić information content (AvgIpc) is 3.13. The minimum absolute atomic E-state index is 0.132. The van der Waals surface area contributed by atoms with Gasteiger partial charge in [0.1, 0.15) is 0 Å². The Kier molecular flexibility index (Phi) is 6.52. The van der Waals surface area contributed by atoms with E-state index in [0.29, 0.717) is 23.9 Å². The Labute approximate surface area is 185 Å². The van der Waals surface area contributed by atoms with Crippen LogP contribution < -0.4 is 5.76 Å². The number of oxazole rings is 1. The Balaban J connectivity index is 1.38. The number of hydrogen-bond donors (Lipinski definition) is 2. The van der Waals surface area contributed by atoms with Gasteiger partial charge >= 0.3 is 11.7 Å². The van der Waals surface area contributed by atoms with E-state index in [4.69, 9.17) is 4.42 Å². The second kappa shape index (κ2) is 9.66. The molecule has 0 aliphatic rings. The zero-order valence-corrected chi connectivity index (χ0v) is 17.6. The first kappa shape index (κ1) is 21.6. The van der Waals surface area contributed by atoms with Gasteiger partial charge in [0, 0.05) is 6.54 Å². The van der Waals surface area contributed by atoms with Crippen molar-refractivity contribution in [1.29, 1.82) is 0 Å². The average molecular weight is 431 g/mol. The molecule has 164 valence electrons. The second-order valence-electron chi connectivity index (χ2n) is 7.89. The molecule has 2 unspecified atom stereocenters. The first-order valence-electron chi connectivity index (χ1n) is 10.7. The Hall–Kier alpha value is -3.64. The summed E-state index contributed by atoms with van der Waals surface area (Å²) >= 11 is 0. The minimum atomic E-state index is -1.07. The van der Waals surface area contributed by atoms with Gasteiger partial charge in [-0.1, -0.05) is 66.7 Å². The van der Waals surface area contributed by atoms with Gasteiger partial charge in [0.25, 0.3) is 0 Å². The van der Waals surface area contributed by atoms with Crippen molar-refractivity contribution in [3.05, 3.63) is 95.0 Å². The van der Waals surface area contributed by atoms with Gasteiger partial charge in [-0.2, -0.15) is 0 Å². The number of rotatable bonds is 9. The number of hydrogen-bond acceptors (Lipinski definition) is 4. The molecule has 0 amide bonds. The summed E-state index contributed by atoms with van der Waals surface area (Å²) in [6.45, 7) is 0.162. The Morgan fingerprint density at radius 1 is 0.875 bits per heavy atom. The number of nitrogens with zero attached hydrogens (tertiary/aromatic N) is 1. The molecular weight excluding hydrogens is 406 g/mol. The number of carboxylic acids is 1. The highest BCUT2D eigenvalue weighted by atomic mass is 16.4. The smallest absolute Gasteiger partial charge is 0.419 e. The number of aliphatic carboxylic acids is 1. The zero-order chi connectivity index (χ0) is 22.5.